The van der Waals surface area contributed by atoms with Gasteiger partial charge < -0.3 is 5.11 Å². The van der Waals surface area contributed by atoms with E-state index < -0.39 is 0 Å². The Kier molecular flexibility index (Phi) is 3.70. The molecule has 1 aromatic rings. The van der Waals surface area contributed by atoms with E-state index in [1.807, 2.05) is 25.1 Å². The van der Waals surface area contributed by atoms with Gasteiger partial charge in [-0.1, -0.05) is 50.6 Å². The summed E-state index contributed by atoms with van der Waals surface area (Å²) in [6.07, 6.45) is 1.81. The molecule has 78 valence electrons. The molecule has 1 rings (SSSR count). The third kappa shape index (κ3) is 2.16. The molecule has 1 heteroatoms. The van der Waals surface area contributed by atoms with Crippen molar-refractivity contribution in [3.05, 3.63) is 35.9 Å². The first-order valence-electron chi connectivity index (χ1n) is 5.35. The quantitative estimate of drug-likeness (QED) is 0.777. The normalized spacial score (nSPS) is 17.4. The zero-order chi connectivity index (χ0) is 10.6. The Bertz CT molecular complexity index is 266. The first-order chi connectivity index (χ1) is 6.61. The zero-order valence-corrected chi connectivity index (χ0v) is 9.33. The number of aliphatic hydroxyl groups is 1. The molecule has 0 amide bonds. The second-order valence-corrected chi connectivity index (χ2v) is 4.21. The lowest BCUT2D eigenvalue weighted by atomic mass is 9.75. The standard InChI is InChI=1S/C13H20O/c1-4-10-13(3,11(2)14)12-8-6-5-7-9-12/h5-9,11,14H,4,10H2,1-3H3. The number of aliphatic hydroxyl groups excluding tert-OH is 1. The van der Waals surface area contributed by atoms with Crippen LogP contribution in [0.2, 0.25) is 0 Å². The van der Waals surface area contributed by atoms with Crippen molar-refractivity contribution in [2.75, 3.05) is 0 Å². The van der Waals surface area contributed by atoms with Crippen LogP contribution < -0.4 is 0 Å². The van der Waals surface area contributed by atoms with E-state index in [2.05, 4.69) is 26.0 Å². The highest BCUT2D eigenvalue weighted by molar-refractivity contribution is 5.25. The van der Waals surface area contributed by atoms with Crippen LogP contribution in [0.1, 0.15) is 39.2 Å². The average molecular weight is 192 g/mol. The molecule has 1 nitrogen and oxygen atoms in total. The van der Waals surface area contributed by atoms with Crippen LogP contribution in [0.5, 0.6) is 0 Å². The van der Waals surface area contributed by atoms with Crippen molar-refractivity contribution in [3.8, 4) is 0 Å². The highest BCUT2D eigenvalue weighted by Crippen LogP contribution is 2.32. The van der Waals surface area contributed by atoms with Crippen LogP contribution in [0, 0.1) is 0 Å². The fraction of sp³-hybridized carbons (Fsp3) is 0.538. The Labute approximate surface area is 86.8 Å². The van der Waals surface area contributed by atoms with Crippen LogP contribution in [-0.4, -0.2) is 11.2 Å². The Hall–Kier alpha value is -0.820. The second kappa shape index (κ2) is 4.61. The lowest BCUT2D eigenvalue weighted by Gasteiger charge is -2.33. The summed E-state index contributed by atoms with van der Waals surface area (Å²) < 4.78 is 0. The molecule has 0 radical (unpaired) electrons. The highest BCUT2D eigenvalue weighted by Gasteiger charge is 2.30. The van der Waals surface area contributed by atoms with Crippen LogP contribution in [0.15, 0.2) is 30.3 Å². The van der Waals surface area contributed by atoms with Crippen molar-refractivity contribution < 1.29 is 5.11 Å². The molecule has 0 fully saturated rings. The SMILES string of the molecule is CCCC(C)(c1ccccc1)C(C)O. The van der Waals surface area contributed by atoms with Crippen molar-refractivity contribution in [3.63, 3.8) is 0 Å². The molecule has 14 heavy (non-hydrogen) atoms. The highest BCUT2D eigenvalue weighted by atomic mass is 16.3. The predicted octanol–water partition coefficient (Wildman–Crippen LogP) is 3.13. The Balaban J connectivity index is 2.99. The summed E-state index contributed by atoms with van der Waals surface area (Å²) in [5.41, 5.74) is 1.13. The third-order valence-electron chi connectivity index (χ3n) is 3.12. The maximum Gasteiger partial charge on any atom is 0.0606 e. The van der Waals surface area contributed by atoms with Gasteiger partial charge in [-0.25, -0.2) is 0 Å². The van der Waals surface area contributed by atoms with Gasteiger partial charge in [0.1, 0.15) is 0 Å². The smallest absolute Gasteiger partial charge is 0.0606 e. The van der Waals surface area contributed by atoms with Crippen LogP contribution in [0.25, 0.3) is 0 Å². The van der Waals surface area contributed by atoms with Crippen molar-refractivity contribution in [1.29, 1.82) is 0 Å². The summed E-state index contributed by atoms with van der Waals surface area (Å²) in [5.74, 6) is 0. The number of hydrogen-bond acceptors (Lipinski definition) is 1. The van der Waals surface area contributed by atoms with Crippen LogP contribution in [-0.2, 0) is 5.41 Å². The fourth-order valence-corrected chi connectivity index (χ4v) is 1.93. The van der Waals surface area contributed by atoms with Gasteiger partial charge in [-0.2, -0.15) is 0 Å². The molecule has 0 aliphatic rings. The third-order valence-corrected chi connectivity index (χ3v) is 3.12. The van der Waals surface area contributed by atoms with Gasteiger partial charge >= 0.3 is 0 Å². The van der Waals surface area contributed by atoms with Gasteiger partial charge in [-0.3, -0.25) is 0 Å². The monoisotopic (exact) mass is 192 g/mol. The first-order valence-corrected chi connectivity index (χ1v) is 5.35. The summed E-state index contributed by atoms with van der Waals surface area (Å²) >= 11 is 0. The van der Waals surface area contributed by atoms with Crippen LogP contribution >= 0.6 is 0 Å². The minimum absolute atomic E-state index is 0.101. The van der Waals surface area contributed by atoms with Crippen LogP contribution in [0.3, 0.4) is 0 Å². The second-order valence-electron chi connectivity index (χ2n) is 4.21. The molecule has 1 N–H and O–H groups in total. The summed E-state index contributed by atoms with van der Waals surface area (Å²) in [6.45, 7) is 6.17. The minimum atomic E-state index is -0.301. The molecule has 0 saturated carbocycles. The molecular weight excluding hydrogens is 172 g/mol. The first kappa shape index (κ1) is 11.3. The molecule has 0 aliphatic heterocycles. The van der Waals surface area contributed by atoms with Gasteiger partial charge in [0.05, 0.1) is 6.10 Å². The largest absolute Gasteiger partial charge is 0.393 e. The molecule has 1 aromatic carbocycles. The van der Waals surface area contributed by atoms with Crippen LogP contribution in [0.4, 0.5) is 0 Å². The number of benzene rings is 1. The molecule has 0 saturated heterocycles. The van der Waals surface area contributed by atoms with E-state index in [4.69, 9.17) is 0 Å². The molecule has 2 unspecified atom stereocenters. The average Bonchev–Trinajstić information content (AvgIpc) is 2.19. The Morgan fingerprint density at radius 1 is 1.29 bits per heavy atom. The van der Waals surface area contributed by atoms with E-state index in [1.54, 1.807) is 0 Å². The van der Waals surface area contributed by atoms with Gasteiger partial charge in [0.15, 0.2) is 0 Å². The summed E-state index contributed by atoms with van der Waals surface area (Å²) in [7, 11) is 0. The van der Waals surface area contributed by atoms with E-state index in [-0.39, 0.29) is 11.5 Å². The van der Waals surface area contributed by atoms with Gasteiger partial charge in [0.25, 0.3) is 0 Å². The van der Waals surface area contributed by atoms with Gasteiger partial charge in [-0.15, -0.1) is 0 Å². The maximum atomic E-state index is 9.86. The van der Waals surface area contributed by atoms with Crippen molar-refractivity contribution >= 4 is 0 Å². The molecule has 0 aromatic heterocycles. The lowest BCUT2D eigenvalue weighted by molar-refractivity contribution is 0.100. The summed E-state index contributed by atoms with van der Waals surface area (Å²) in [5, 5.41) is 9.86. The fourth-order valence-electron chi connectivity index (χ4n) is 1.93. The zero-order valence-electron chi connectivity index (χ0n) is 9.33. The lowest BCUT2D eigenvalue weighted by Crippen LogP contribution is -2.34. The molecule has 0 spiro atoms. The van der Waals surface area contributed by atoms with E-state index in [0.29, 0.717) is 0 Å². The predicted molar refractivity (Wildman–Crippen MR) is 60.4 cm³/mol. The molecule has 0 bridgehead atoms. The minimum Gasteiger partial charge on any atom is -0.393 e. The summed E-state index contributed by atoms with van der Waals surface area (Å²) in [4.78, 5) is 0. The Morgan fingerprint density at radius 3 is 2.29 bits per heavy atom. The number of hydrogen-bond donors (Lipinski definition) is 1. The summed E-state index contributed by atoms with van der Waals surface area (Å²) in [6, 6.07) is 10.3. The van der Waals surface area contributed by atoms with Crippen molar-refractivity contribution in [2.45, 2.75) is 45.1 Å². The van der Waals surface area contributed by atoms with Crippen molar-refractivity contribution in [2.24, 2.45) is 0 Å². The van der Waals surface area contributed by atoms with E-state index in [0.717, 1.165) is 12.8 Å². The van der Waals surface area contributed by atoms with E-state index in [1.165, 1.54) is 5.56 Å². The topological polar surface area (TPSA) is 20.2 Å². The number of rotatable bonds is 4. The van der Waals surface area contributed by atoms with E-state index >= 15 is 0 Å². The maximum absolute atomic E-state index is 9.86. The molecule has 0 aliphatic carbocycles. The van der Waals surface area contributed by atoms with Gasteiger partial charge in [0.2, 0.25) is 0 Å². The van der Waals surface area contributed by atoms with E-state index in [9.17, 15) is 5.11 Å². The Morgan fingerprint density at radius 2 is 1.86 bits per heavy atom. The van der Waals surface area contributed by atoms with Crippen molar-refractivity contribution in [1.82, 2.24) is 0 Å². The molecule has 2 atom stereocenters. The molecular formula is C13H20O. The van der Waals surface area contributed by atoms with Gasteiger partial charge in [0, 0.05) is 5.41 Å². The van der Waals surface area contributed by atoms with Gasteiger partial charge in [-0.05, 0) is 18.9 Å². The molecule has 0 heterocycles.